The van der Waals surface area contributed by atoms with E-state index in [1.807, 2.05) is 0 Å². The summed E-state index contributed by atoms with van der Waals surface area (Å²) in [6, 6.07) is 0. The third kappa shape index (κ3) is 6.12. The van der Waals surface area contributed by atoms with E-state index in [-0.39, 0.29) is 17.6 Å². The summed E-state index contributed by atoms with van der Waals surface area (Å²) in [4.78, 5) is 37.1. The topological polar surface area (TPSA) is 87.3 Å². The average Bonchev–Trinajstić information content (AvgIpc) is 3.14. The van der Waals surface area contributed by atoms with E-state index in [4.69, 9.17) is 9.72 Å². The van der Waals surface area contributed by atoms with Crippen LogP contribution in [0.4, 0.5) is 0 Å². The Hall–Kier alpha value is -1.42. The van der Waals surface area contributed by atoms with Crippen molar-refractivity contribution in [1.82, 2.24) is 20.2 Å². The number of H-pyrrole nitrogens is 1. The van der Waals surface area contributed by atoms with Gasteiger partial charge in [-0.2, -0.15) is 11.8 Å². The average molecular weight is 479 g/mol. The maximum Gasteiger partial charge on any atom is 0.259 e. The summed E-state index contributed by atoms with van der Waals surface area (Å²) in [7, 11) is 0. The van der Waals surface area contributed by atoms with Crippen molar-refractivity contribution in [3.05, 3.63) is 26.6 Å². The number of amides is 1. The van der Waals surface area contributed by atoms with E-state index in [1.54, 1.807) is 23.1 Å². The molecule has 1 atom stereocenters. The number of aromatic amines is 1. The summed E-state index contributed by atoms with van der Waals surface area (Å²) < 4.78 is 5.80. The van der Waals surface area contributed by atoms with Crippen molar-refractivity contribution >= 4 is 39.2 Å². The first-order chi connectivity index (χ1) is 15.5. The molecule has 32 heavy (non-hydrogen) atoms. The molecule has 1 unspecified atom stereocenters. The number of aryl methyl sites for hydroxylation is 2. The number of ether oxygens (including phenoxy) is 1. The molecular weight excluding hydrogens is 444 g/mol. The molecule has 176 valence electrons. The van der Waals surface area contributed by atoms with Gasteiger partial charge in [-0.25, -0.2) is 4.98 Å². The van der Waals surface area contributed by atoms with Gasteiger partial charge in [-0.1, -0.05) is 13.8 Å². The number of thioether (sulfide) groups is 1. The molecule has 0 aromatic carbocycles. The van der Waals surface area contributed by atoms with E-state index in [0.717, 1.165) is 55.7 Å². The fourth-order valence-corrected chi connectivity index (χ4v) is 6.60. The third-order valence-corrected chi connectivity index (χ3v) is 8.12. The Kier molecular flexibility index (Phi) is 8.26. The number of hydrogen-bond acceptors (Lipinski definition) is 7. The van der Waals surface area contributed by atoms with Crippen molar-refractivity contribution in [2.75, 3.05) is 38.5 Å². The zero-order chi connectivity index (χ0) is 22.5. The maximum absolute atomic E-state index is 12.6. The van der Waals surface area contributed by atoms with Gasteiger partial charge in [0.2, 0.25) is 5.91 Å². The summed E-state index contributed by atoms with van der Waals surface area (Å²) in [5.41, 5.74) is 1.21. The van der Waals surface area contributed by atoms with Crippen molar-refractivity contribution in [2.24, 2.45) is 5.92 Å². The van der Waals surface area contributed by atoms with Crippen LogP contribution < -0.4 is 10.9 Å². The fourth-order valence-electron chi connectivity index (χ4n) is 4.51. The van der Waals surface area contributed by atoms with Crippen LogP contribution in [0.2, 0.25) is 0 Å². The highest BCUT2D eigenvalue weighted by Gasteiger charge is 2.22. The monoisotopic (exact) mass is 478 g/mol. The number of nitrogens with one attached hydrogen (secondary N) is 2. The fraction of sp³-hybridized carbons (Fsp3) is 0.696. The number of fused-ring (bicyclic) bond motifs is 3. The Morgan fingerprint density at radius 2 is 2.22 bits per heavy atom. The molecule has 2 aromatic heterocycles. The van der Waals surface area contributed by atoms with E-state index in [2.05, 4.69) is 29.0 Å². The molecule has 2 aliphatic rings. The number of aromatic nitrogens is 2. The predicted molar refractivity (Wildman–Crippen MR) is 132 cm³/mol. The number of morpholine rings is 1. The van der Waals surface area contributed by atoms with Gasteiger partial charge in [0.25, 0.3) is 5.56 Å². The molecule has 0 radical (unpaired) electrons. The smallest absolute Gasteiger partial charge is 0.259 e. The van der Waals surface area contributed by atoms with E-state index in [0.29, 0.717) is 36.2 Å². The Balaban J connectivity index is 1.19. The van der Waals surface area contributed by atoms with Gasteiger partial charge in [0.15, 0.2) is 0 Å². The minimum Gasteiger partial charge on any atom is -0.374 e. The molecule has 0 bridgehead atoms. The Labute approximate surface area is 197 Å². The second-order valence-corrected chi connectivity index (χ2v) is 11.3. The number of hydrogen-bond donors (Lipinski definition) is 2. The predicted octanol–water partition coefficient (Wildman–Crippen LogP) is 2.96. The molecule has 1 saturated heterocycles. The lowest BCUT2D eigenvalue weighted by Gasteiger charge is -2.33. The molecule has 2 aromatic rings. The molecule has 0 saturated carbocycles. The van der Waals surface area contributed by atoms with Crippen LogP contribution in [0, 0.1) is 5.92 Å². The van der Waals surface area contributed by atoms with Crippen LogP contribution in [0.3, 0.4) is 0 Å². The number of carbonyl (C=O) groups excluding carboxylic acids is 1. The van der Waals surface area contributed by atoms with E-state index in [9.17, 15) is 9.59 Å². The number of carbonyl (C=O) groups is 1. The molecule has 1 fully saturated rings. The normalized spacial score (nSPS) is 19.4. The highest BCUT2D eigenvalue weighted by molar-refractivity contribution is 7.98. The first-order valence-electron chi connectivity index (χ1n) is 11.7. The van der Waals surface area contributed by atoms with Crippen molar-refractivity contribution in [2.45, 2.75) is 57.8 Å². The van der Waals surface area contributed by atoms with E-state index < -0.39 is 0 Å². The molecule has 1 aliphatic heterocycles. The van der Waals surface area contributed by atoms with Crippen LogP contribution in [0.1, 0.15) is 49.4 Å². The van der Waals surface area contributed by atoms with Crippen LogP contribution in [-0.4, -0.2) is 65.4 Å². The second-order valence-electron chi connectivity index (χ2n) is 9.16. The Morgan fingerprint density at radius 3 is 3.06 bits per heavy atom. The maximum atomic E-state index is 12.6. The zero-order valence-electron chi connectivity index (χ0n) is 19.1. The van der Waals surface area contributed by atoms with Gasteiger partial charge < -0.3 is 15.0 Å². The minimum atomic E-state index is -0.0123. The van der Waals surface area contributed by atoms with Crippen LogP contribution in [-0.2, 0) is 28.1 Å². The lowest BCUT2D eigenvalue weighted by molar-refractivity contribution is -0.121. The van der Waals surface area contributed by atoms with Crippen LogP contribution in [0.5, 0.6) is 0 Å². The molecule has 4 rings (SSSR count). The molecule has 9 heteroatoms. The second kappa shape index (κ2) is 11.1. The van der Waals surface area contributed by atoms with Gasteiger partial charge in [-0.05, 0) is 37.2 Å². The van der Waals surface area contributed by atoms with Crippen molar-refractivity contribution < 1.29 is 9.53 Å². The van der Waals surface area contributed by atoms with Gasteiger partial charge >= 0.3 is 0 Å². The minimum absolute atomic E-state index is 0.0123. The zero-order valence-corrected chi connectivity index (χ0v) is 20.7. The summed E-state index contributed by atoms with van der Waals surface area (Å²) in [6.45, 7) is 8.65. The van der Waals surface area contributed by atoms with Gasteiger partial charge in [0, 0.05) is 43.2 Å². The molecule has 7 nitrogen and oxygen atoms in total. The van der Waals surface area contributed by atoms with E-state index >= 15 is 0 Å². The molecular formula is C23H34N4O3S2. The van der Waals surface area contributed by atoms with Crippen LogP contribution in [0.15, 0.2) is 4.79 Å². The van der Waals surface area contributed by atoms with Crippen molar-refractivity contribution in [1.29, 1.82) is 0 Å². The molecule has 1 aliphatic carbocycles. The molecule has 1 amide bonds. The van der Waals surface area contributed by atoms with Crippen LogP contribution >= 0.6 is 23.1 Å². The quantitative estimate of drug-likeness (QED) is 0.539. The lowest BCUT2D eigenvalue weighted by atomic mass is 9.97. The summed E-state index contributed by atoms with van der Waals surface area (Å²) >= 11 is 3.30. The SMILES string of the molecule is CC(C)CN1CCOC(CNC(=O)CCSCc2nc3sc4c(c3c(=O)[nH]2)CCCC4)C1. The first kappa shape index (κ1) is 23.7. The highest BCUT2D eigenvalue weighted by Crippen LogP contribution is 2.33. The Bertz CT molecular complexity index is 988. The van der Waals surface area contributed by atoms with Gasteiger partial charge in [-0.3, -0.25) is 14.5 Å². The number of thiophene rings is 1. The van der Waals surface area contributed by atoms with Crippen LogP contribution in [0.25, 0.3) is 10.2 Å². The lowest BCUT2D eigenvalue weighted by Crippen LogP contribution is -2.48. The van der Waals surface area contributed by atoms with Crippen molar-refractivity contribution in [3.8, 4) is 0 Å². The molecule has 2 N–H and O–H groups in total. The van der Waals surface area contributed by atoms with Gasteiger partial charge in [-0.15, -0.1) is 11.3 Å². The number of nitrogens with zero attached hydrogens (tertiary/aromatic N) is 2. The van der Waals surface area contributed by atoms with Crippen molar-refractivity contribution in [3.63, 3.8) is 0 Å². The largest absolute Gasteiger partial charge is 0.374 e. The standard InChI is InChI=1S/C23H34N4O3S2/c1-15(2)12-27-8-9-30-16(13-27)11-24-20(28)7-10-31-14-19-25-22(29)21-17-5-3-4-6-18(17)32-23(21)26-19/h15-16H,3-14H2,1-2H3,(H,24,28)(H,25,26,29). The molecule has 3 heterocycles. The summed E-state index contributed by atoms with van der Waals surface area (Å²) in [5.74, 6) is 2.68. The van der Waals surface area contributed by atoms with Gasteiger partial charge in [0.05, 0.1) is 23.8 Å². The first-order valence-corrected chi connectivity index (χ1v) is 13.7. The molecule has 0 spiro atoms. The Morgan fingerprint density at radius 1 is 1.38 bits per heavy atom. The third-order valence-electron chi connectivity index (χ3n) is 5.96. The number of rotatable bonds is 9. The highest BCUT2D eigenvalue weighted by atomic mass is 32.2. The van der Waals surface area contributed by atoms with E-state index in [1.165, 1.54) is 16.9 Å². The van der Waals surface area contributed by atoms with Gasteiger partial charge in [0.1, 0.15) is 10.7 Å². The summed E-state index contributed by atoms with van der Waals surface area (Å²) in [6.07, 6.45) is 4.93. The summed E-state index contributed by atoms with van der Waals surface area (Å²) in [5, 5.41) is 3.81.